The highest BCUT2D eigenvalue weighted by Crippen LogP contribution is 2.61. The molecule has 0 radical (unpaired) electrons. The molecule has 3 aliphatic carbocycles. The molecule has 11 rings (SSSR count). The summed E-state index contributed by atoms with van der Waals surface area (Å²) in [6, 6.07) is 29.3. The Morgan fingerprint density at radius 3 is 2.49 bits per heavy atom. The molecule has 0 unspecified atom stereocenters. The van der Waals surface area contributed by atoms with E-state index in [9.17, 15) is 20.4 Å². The number of aromatic amines is 1. The van der Waals surface area contributed by atoms with E-state index >= 15 is 0 Å². The van der Waals surface area contributed by atoms with Crippen molar-refractivity contribution < 1.29 is 39.4 Å². The average Bonchev–Trinajstić information content (AvgIpc) is 4.29. The molecule has 0 bridgehead atoms. The van der Waals surface area contributed by atoms with Gasteiger partial charge in [0, 0.05) is 78.7 Å². The topological polar surface area (TPSA) is 182 Å². The number of phenols is 2. The average molecular weight is 1050 g/mol. The van der Waals surface area contributed by atoms with E-state index in [1.54, 1.807) is 13.2 Å². The molecule has 408 valence electrons. The van der Waals surface area contributed by atoms with Crippen LogP contribution in [0.15, 0.2) is 96.7 Å². The second-order valence-electron chi connectivity index (χ2n) is 23.3. The van der Waals surface area contributed by atoms with Crippen molar-refractivity contribution in [3.05, 3.63) is 141 Å². The molecule has 3 heterocycles. The smallest absolute Gasteiger partial charge is 0.160 e. The Morgan fingerprint density at radius 1 is 0.870 bits per heavy atom. The van der Waals surface area contributed by atoms with Crippen LogP contribution in [0.25, 0.3) is 28.1 Å². The number of H-pyrrole nitrogens is 1. The Labute approximate surface area is 453 Å². The molecule has 1 saturated carbocycles. The third kappa shape index (κ3) is 11.0. The number of aromatic nitrogens is 1. The quantitative estimate of drug-likeness (QED) is 0.0232. The molecule has 0 saturated heterocycles. The molecule has 0 amide bonds. The van der Waals surface area contributed by atoms with Gasteiger partial charge in [0.2, 0.25) is 0 Å². The molecule has 5 aliphatic rings. The highest BCUT2D eigenvalue weighted by atomic mass is 16.6. The number of aliphatic hydroxyl groups excluding tert-OH is 1. The Hall–Kier alpha value is -5.90. The lowest BCUT2D eigenvalue weighted by Gasteiger charge is -2.48. The zero-order valence-corrected chi connectivity index (χ0v) is 45.4. The lowest BCUT2D eigenvalue weighted by molar-refractivity contribution is -0.131. The second-order valence-corrected chi connectivity index (χ2v) is 23.3. The van der Waals surface area contributed by atoms with Crippen molar-refractivity contribution >= 4 is 17.0 Å². The fourth-order valence-electron chi connectivity index (χ4n) is 13.7. The predicted octanol–water partition coefficient (Wildman–Crippen LogP) is 9.84. The summed E-state index contributed by atoms with van der Waals surface area (Å²) in [4.78, 5) is 3.41. The van der Waals surface area contributed by atoms with Crippen molar-refractivity contribution in [2.75, 3.05) is 53.3 Å². The number of aromatic hydroxyl groups is 2. The monoisotopic (exact) mass is 1050 g/mol. The van der Waals surface area contributed by atoms with Crippen molar-refractivity contribution in [2.45, 2.75) is 133 Å². The summed E-state index contributed by atoms with van der Waals surface area (Å²) in [7, 11) is 1.56. The van der Waals surface area contributed by atoms with Gasteiger partial charge >= 0.3 is 0 Å². The Kier molecular flexibility index (Phi) is 15.7. The minimum Gasteiger partial charge on any atom is -0.507 e. The normalized spacial score (nSPS) is 22.4. The van der Waals surface area contributed by atoms with Crippen LogP contribution in [-0.2, 0) is 30.4 Å². The van der Waals surface area contributed by atoms with E-state index in [1.807, 2.05) is 31.3 Å². The van der Waals surface area contributed by atoms with Crippen LogP contribution < -0.4 is 35.5 Å². The molecule has 5 aromatic carbocycles. The first-order chi connectivity index (χ1) is 37.4. The minimum atomic E-state index is -1.02. The van der Waals surface area contributed by atoms with Crippen molar-refractivity contribution in [2.24, 2.45) is 5.92 Å². The Balaban J connectivity index is 1.04. The first-order valence-corrected chi connectivity index (χ1v) is 28.3. The molecule has 6 atom stereocenters. The third-order valence-electron chi connectivity index (χ3n) is 17.1. The molecule has 77 heavy (non-hydrogen) atoms. The van der Waals surface area contributed by atoms with Gasteiger partial charge in [0.1, 0.15) is 29.0 Å². The van der Waals surface area contributed by atoms with Crippen LogP contribution in [0.3, 0.4) is 0 Å². The van der Waals surface area contributed by atoms with E-state index in [-0.39, 0.29) is 29.9 Å². The molecular weight excluding hydrogens is 967 g/mol. The Morgan fingerprint density at radius 2 is 1.69 bits per heavy atom. The number of hydrogen-bond acceptors (Lipinski definition) is 12. The van der Waals surface area contributed by atoms with E-state index in [2.05, 4.69) is 107 Å². The van der Waals surface area contributed by atoms with Gasteiger partial charge in [-0.1, -0.05) is 75.2 Å². The molecule has 2 aliphatic heterocycles. The van der Waals surface area contributed by atoms with E-state index in [0.717, 1.165) is 99.1 Å². The number of nitrogens with one attached hydrogen (secondary N) is 5. The summed E-state index contributed by atoms with van der Waals surface area (Å²) in [6.45, 7) is 9.01. The molecular formula is C64H79N5O8. The lowest BCUT2D eigenvalue weighted by atomic mass is 9.62. The Bertz CT molecular complexity index is 3070. The molecule has 13 heteroatoms. The van der Waals surface area contributed by atoms with Crippen LogP contribution in [0, 0.1) is 5.92 Å². The zero-order chi connectivity index (χ0) is 53.3. The van der Waals surface area contributed by atoms with E-state index in [0.29, 0.717) is 82.8 Å². The van der Waals surface area contributed by atoms with E-state index in [1.165, 1.54) is 29.5 Å². The summed E-state index contributed by atoms with van der Waals surface area (Å²) in [5.74, 6) is 2.34. The molecule has 1 fully saturated rings. The first-order valence-electron chi connectivity index (χ1n) is 28.3. The fraction of sp³-hybridized carbons (Fsp3) is 0.469. The summed E-state index contributed by atoms with van der Waals surface area (Å²) < 4.78 is 27.9. The summed E-state index contributed by atoms with van der Waals surface area (Å²) in [5, 5.41) is 61.0. The molecule has 9 N–H and O–H groups in total. The highest BCUT2D eigenvalue weighted by Gasteiger charge is 2.51. The maximum Gasteiger partial charge on any atom is 0.160 e. The fourth-order valence-corrected chi connectivity index (χ4v) is 13.7. The maximum absolute atomic E-state index is 12.0. The summed E-state index contributed by atoms with van der Waals surface area (Å²) in [5.41, 5.74) is 10.8. The number of hydrogen-bond donors (Lipinski definition) is 9. The highest BCUT2D eigenvalue weighted by molar-refractivity contribution is 5.90. The standard InChI is InChI=1S/C64H79N5O8/c1-39(2)31-63(3,73)35-66-37-67-36-64(75-38-69-45-14-8-9-15-45)32-52-49-30-51-57(42-16-21-53-41(27-42)24-26-68-53)44(33-65-25-10-13-40-11-6-5-7-12-40)28-50-54(71)23-20-47(58(50)51)59(49)61-48(19-18-46(34-70)76-61)60(52)77-62(64)43-17-22-55(72)56(29-43)74-4/h5-7,11-12,16-17,20-24,26-29,39,45-46,51,57,62,65-73H,8-10,13-15,18-19,25,30-38H2,1-4H3/t46-,51-,57+,62-,63+,64+/m1/s1. The molecule has 6 aromatic rings. The largest absolute Gasteiger partial charge is 0.507 e. The van der Waals surface area contributed by atoms with Gasteiger partial charge < -0.3 is 60.3 Å². The van der Waals surface area contributed by atoms with Gasteiger partial charge in [0.05, 0.1) is 26.0 Å². The third-order valence-corrected chi connectivity index (χ3v) is 17.1. The van der Waals surface area contributed by atoms with Crippen LogP contribution in [-0.4, -0.2) is 102 Å². The maximum atomic E-state index is 12.0. The van der Waals surface area contributed by atoms with Gasteiger partial charge in [0.15, 0.2) is 17.6 Å². The van der Waals surface area contributed by atoms with Crippen LogP contribution in [0.5, 0.6) is 28.7 Å². The van der Waals surface area contributed by atoms with Crippen LogP contribution in [0.1, 0.15) is 128 Å². The van der Waals surface area contributed by atoms with Crippen molar-refractivity contribution in [1.29, 1.82) is 0 Å². The van der Waals surface area contributed by atoms with Gasteiger partial charge in [0.25, 0.3) is 0 Å². The number of rotatable bonds is 22. The van der Waals surface area contributed by atoms with Crippen molar-refractivity contribution in [3.63, 3.8) is 0 Å². The predicted molar refractivity (Wildman–Crippen MR) is 303 cm³/mol. The van der Waals surface area contributed by atoms with Gasteiger partial charge in [-0.05, 0) is 163 Å². The number of fused-ring (bicyclic) bond motifs is 8. The summed E-state index contributed by atoms with van der Waals surface area (Å²) in [6.07, 6.45) is 12.7. The number of ether oxygens (including phenoxy) is 4. The van der Waals surface area contributed by atoms with E-state index < -0.39 is 23.4 Å². The van der Waals surface area contributed by atoms with Crippen molar-refractivity contribution in [1.82, 2.24) is 26.3 Å². The number of aryl methyl sites for hydroxylation is 1. The number of phenolic OH excluding ortho intramolecular Hbond substituents is 2. The minimum absolute atomic E-state index is 0.0325. The number of methoxy groups -OCH3 is 1. The summed E-state index contributed by atoms with van der Waals surface area (Å²) >= 11 is 0. The van der Waals surface area contributed by atoms with Crippen LogP contribution in [0.4, 0.5) is 0 Å². The van der Waals surface area contributed by atoms with Gasteiger partial charge in [-0.3, -0.25) is 5.32 Å². The number of benzene rings is 5. The molecule has 0 spiro atoms. The van der Waals surface area contributed by atoms with Crippen molar-refractivity contribution in [3.8, 4) is 39.9 Å². The van der Waals surface area contributed by atoms with E-state index in [4.69, 9.17) is 18.9 Å². The van der Waals surface area contributed by atoms with Crippen LogP contribution >= 0.6 is 0 Å². The van der Waals surface area contributed by atoms with Gasteiger partial charge in [-0.2, -0.15) is 0 Å². The van der Waals surface area contributed by atoms with Gasteiger partial charge in [-0.15, -0.1) is 0 Å². The SMILES string of the molecule is COc1cc([C@H]2Oc3c(c4c(c5c3CC[C@H](CO)O5)-c3ccc(O)c5c3[C@H](C4)[C@@H](c3ccc4[nH]ccc4c3)C(CNCCCc3ccccc3)=C5)C[C@@]2(CNCNC[C@@](C)(O)CC(C)C)OCNC2CCCC2)ccc1O. The zero-order valence-electron chi connectivity index (χ0n) is 45.4. The lowest BCUT2D eigenvalue weighted by Crippen LogP contribution is -2.56. The van der Waals surface area contributed by atoms with Gasteiger partial charge in [-0.25, -0.2) is 0 Å². The number of aliphatic hydroxyl groups is 2. The van der Waals surface area contributed by atoms with Crippen LogP contribution in [0.2, 0.25) is 0 Å². The molecule has 1 aromatic heterocycles. The molecule has 13 nitrogen and oxygen atoms in total. The second kappa shape index (κ2) is 22.8. The first kappa shape index (κ1) is 53.1.